The Bertz CT molecular complexity index is 804. The van der Waals surface area contributed by atoms with Gasteiger partial charge in [0.1, 0.15) is 0 Å². The molecule has 0 radical (unpaired) electrons. The van der Waals surface area contributed by atoms with Gasteiger partial charge in [-0.05, 0) is 37.8 Å². The molecule has 6 heteroatoms. The van der Waals surface area contributed by atoms with E-state index in [0.717, 1.165) is 36.1 Å². The molecule has 1 aliphatic heterocycles. The normalized spacial score (nSPS) is 18.7. The van der Waals surface area contributed by atoms with E-state index in [9.17, 15) is 0 Å². The van der Waals surface area contributed by atoms with E-state index in [4.69, 9.17) is 4.98 Å². The first-order valence-corrected chi connectivity index (χ1v) is 9.81. The molecule has 1 aliphatic rings. The van der Waals surface area contributed by atoms with Gasteiger partial charge in [-0.2, -0.15) is 5.10 Å². The van der Waals surface area contributed by atoms with Crippen LogP contribution in [-0.2, 0) is 13.6 Å². The molecule has 25 heavy (non-hydrogen) atoms. The molecule has 2 aromatic heterocycles. The van der Waals surface area contributed by atoms with Crippen LogP contribution in [0.15, 0.2) is 30.3 Å². The molecule has 1 fully saturated rings. The Balaban J connectivity index is 1.34. The zero-order valence-corrected chi connectivity index (χ0v) is 15.7. The lowest BCUT2D eigenvalue weighted by molar-refractivity contribution is 0.173. The molecule has 5 nitrogen and oxygen atoms in total. The van der Waals surface area contributed by atoms with Gasteiger partial charge in [0.15, 0.2) is 10.8 Å². The van der Waals surface area contributed by atoms with Gasteiger partial charge in [0.2, 0.25) is 0 Å². The fourth-order valence-corrected chi connectivity index (χ4v) is 4.63. The maximum absolute atomic E-state index is 4.70. The fourth-order valence-electron chi connectivity index (χ4n) is 3.70. The second kappa shape index (κ2) is 7.14. The van der Waals surface area contributed by atoms with Crippen molar-refractivity contribution in [2.45, 2.75) is 26.3 Å². The quantitative estimate of drug-likeness (QED) is 0.759. The van der Waals surface area contributed by atoms with Crippen LogP contribution >= 0.6 is 11.3 Å². The Kier molecular flexibility index (Phi) is 4.72. The smallest absolute Gasteiger partial charge is 0.185 e. The predicted octanol–water partition coefficient (Wildman–Crippen LogP) is 3.66. The first kappa shape index (κ1) is 16.5. The number of piperidine rings is 1. The number of fused-ring (bicyclic) bond motifs is 1. The number of hydrogen-bond acceptors (Lipinski definition) is 5. The fraction of sp³-hybridized carbons (Fsp3) is 0.474. The van der Waals surface area contributed by atoms with Gasteiger partial charge >= 0.3 is 0 Å². The Morgan fingerprint density at radius 1 is 1.28 bits per heavy atom. The van der Waals surface area contributed by atoms with Crippen LogP contribution in [0, 0.1) is 12.8 Å². The number of hydrogen-bond donors (Lipinski definition) is 1. The summed E-state index contributed by atoms with van der Waals surface area (Å²) in [4.78, 5) is 7.28. The molecule has 1 aromatic carbocycles. The molecule has 0 aliphatic carbocycles. The summed E-state index contributed by atoms with van der Waals surface area (Å²) >= 11 is 1.72. The summed E-state index contributed by atoms with van der Waals surface area (Å²) < 4.78 is 3.06. The standard InChI is InChI=1S/C19H25N5S/c1-14-17-18(23(2)22-14)21-19(25-17)20-11-16-9-6-10-24(13-16)12-15-7-4-3-5-8-15/h3-5,7-8,16H,6,9-13H2,1-2H3,(H,20,21)/t16-/m0/s1. The number of benzene rings is 1. The monoisotopic (exact) mass is 355 g/mol. The van der Waals surface area contributed by atoms with Gasteiger partial charge in [0, 0.05) is 26.7 Å². The van der Waals surface area contributed by atoms with Crippen LogP contribution in [0.25, 0.3) is 10.3 Å². The molecule has 3 heterocycles. The minimum absolute atomic E-state index is 0.684. The number of rotatable bonds is 5. The average molecular weight is 356 g/mol. The highest BCUT2D eigenvalue weighted by Gasteiger charge is 2.20. The molecule has 132 valence electrons. The molecule has 3 aromatic rings. The summed E-state index contributed by atoms with van der Waals surface area (Å²) in [5.74, 6) is 0.684. The first-order chi connectivity index (χ1) is 12.2. The number of likely N-dealkylation sites (tertiary alicyclic amines) is 1. The Hall–Kier alpha value is -1.92. The number of aryl methyl sites for hydroxylation is 2. The van der Waals surface area contributed by atoms with Crippen LogP contribution in [0.5, 0.6) is 0 Å². The summed E-state index contributed by atoms with van der Waals surface area (Å²) in [6.45, 7) is 6.47. The van der Waals surface area contributed by atoms with Crippen molar-refractivity contribution in [3.05, 3.63) is 41.6 Å². The first-order valence-electron chi connectivity index (χ1n) is 8.99. The highest BCUT2D eigenvalue weighted by Crippen LogP contribution is 2.28. The summed E-state index contributed by atoms with van der Waals surface area (Å²) in [7, 11) is 1.96. The van der Waals surface area contributed by atoms with E-state index in [1.54, 1.807) is 11.3 Å². The summed E-state index contributed by atoms with van der Waals surface area (Å²) in [5, 5.41) is 9.01. The predicted molar refractivity (Wildman–Crippen MR) is 104 cm³/mol. The lowest BCUT2D eigenvalue weighted by atomic mass is 9.97. The van der Waals surface area contributed by atoms with E-state index in [2.05, 4.69) is 45.6 Å². The van der Waals surface area contributed by atoms with Gasteiger partial charge < -0.3 is 5.32 Å². The van der Waals surface area contributed by atoms with Gasteiger partial charge in [-0.15, -0.1) is 0 Å². The van der Waals surface area contributed by atoms with E-state index in [0.29, 0.717) is 5.92 Å². The number of anilines is 1. The van der Waals surface area contributed by atoms with Crippen LogP contribution in [0.4, 0.5) is 5.13 Å². The van der Waals surface area contributed by atoms with Gasteiger partial charge in [-0.25, -0.2) is 9.67 Å². The second-order valence-corrected chi connectivity index (χ2v) is 7.99. The zero-order valence-electron chi connectivity index (χ0n) is 14.9. The molecule has 0 bridgehead atoms. The molecule has 0 unspecified atom stereocenters. The van der Waals surface area contributed by atoms with Crippen molar-refractivity contribution in [2.75, 3.05) is 25.0 Å². The topological polar surface area (TPSA) is 46.0 Å². The maximum atomic E-state index is 4.70. The maximum Gasteiger partial charge on any atom is 0.185 e. The van der Waals surface area contributed by atoms with Gasteiger partial charge in [-0.1, -0.05) is 41.7 Å². The molecule has 0 saturated carbocycles. The highest BCUT2D eigenvalue weighted by atomic mass is 32.1. The minimum atomic E-state index is 0.684. The molecule has 0 spiro atoms. The van der Waals surface area contributed by atoms with Crippen molar-refractivity contribution in [3.63, 3.8) is 0 Å². The molecule has 4 rings (SSSR count). The second-order valence-electron chi connectivity index (χ2n) is 6.99. The van der Waals surface area contributed by atoms with Crippen molar-refractivity contribution in [1.82, 2.24) is 19.7 Å². The van der Waals surface area contributed by atoms with E-state index < -0.39 is 0 Å². The summed E-state index contributed by atoms with van der Waals surface area (Å²) in [6.07, 6.45) is 2.58. The van der Waals surface area contributed by atoms with Crippen LogP contribution in [0.1, 0.15) is 24.1 Å². The summed E-state index contributed by atoms with van der Waals surface area (Å²) in [5.41, 5.74) is 3.46. The average Bonchev–Trinajstić information content (AvgIpc) is 3.16. The molecule has 1 atom stereocenters. The summed E-state index contributed by atoms with van der Waals surface area (Å²) in [6, 6.07) is 10.8. The van der Waals surface area contributed by atoms with Gasteiger partial charge in [0.25, 0.3) is 0 Å². The third kappa shape index (κ3) is 3.70. The van der Waals surface area contributed by atoms with Crippen LogP contribution in [0.3, 0.4) is 0 Å². The van der Waals surface area contributed by atoms with E-state index >= 15 is 0 Å². The molecular weight excluding hydrogens is 330 g/mol. The van der Waals surface area contributed by atoms with Crippen LogP contribution < -0.4 is 5.32 Å². The highest BCUT2D eigenvalue weighted by molar-refractivity contribution is 7.22. The number of nitrogens with one attached hydrogen (secondary N) is 1. The Morgan fingerprint density at radius 2 is 2.12 bits per heavy atom. The largest absolute Gasteiger partial charge is 0.361 e. The molecular formula is C19H25N5S. The van der Waals surface area contributed by atoms with Crippen LogP contribution in [0.2, 0.25) is 0 Å². The lowest BCUT2D eigenvalue weighted by Gasteiger charge is -2.32. The SMILES string of the molecule is Cc1nn(C)c2nc(NC[C@@H]3CCCN(Cc4ccccc4)C3)sc12. The lowest BCUT2D eigenvalue weighted by Crippen LogP contribution is -2.37. The van der Waals surface area contributed by atoms with Crippen molar-refractivity contribution in [1.29, 1.82) is 0 Å². The zero-order chi connectivity index (χ0) is 17.2. The van der Waals surface area contributed by atoms with Crippen molar-refractivity contribution < 1.29 is 0 Å². The van der Waals surface area contributed by atoms with Crippen molar-refractivity contribution >= 4 is 26.8 Å². The third-order valence-corrected chi connectivity index (χ3v) is 6.05. The van der Waals surface area contributed by atoms with Crippen LogP contribution in [-0.4, -0.2) is 39.3 Å². The molecule has 1 N–H and O–H groups in total. The minimum Gasteiger partial charge on any atom is -0.361 e. The third-order valence-electron chi connectivity index (χ3n) is 4.94. The number of nitrogens with zero attached hydrogens (tertiary/aromatic N) is 4. The molecule has 1 saturated heterocycles. The van der Waals surface area contributed by atoms with E-state index in [-0.39, 0.29) is 0 Å². The van der Waals surface area contributed by atoms with Gasteiger partial charge in [0.05, 0.1) is 10.4 Å². The van der Waals surface area contributed by atoms with Crippen molar-refractivity contribution in [2.24, 2.45) is 13.0 Å². The Labute approximate surface area is 152 Å². The van der Waals surface area contributed by atoms with E-state index in [1.165, 1.54) is 29.6 Å². The number of thiazole rings is 1. The van der Waals surface area contributed by atoms with Gasteiger partial charge in [-0.3, -0.25) is 4.90 Å². The molecule has 0 amide bonds. The van der Waals surface area contributed by atoms with E-state index in [1.807, 2.05) is 18.7 Å². The number of aromatic nitrogens is 3. The van der Waals surface area contributed by atoms with Crippen molar-refractivity contribution in [3.8, 4) is 0 Å². The Morgan fingerprint density at radius 3 is 2.92 bits per heavy atom.